The quantitative estimate of drug-likeness (QED) is 0.257. The molecule has 200 valence electrons. The maximum absolute atomic E-state index is 14.6. The summed E-state index contributed by atoms with van der Waals surface area (Å²) < 4.78 is 46.3. The highest BCUT2D eigenvalue weighted by molar-refractivity contribution is 6.36. The molecule has 8 heteroatoms. The Bertz CT molecular complexity index is 1330. The summed E-state index contributed by atoms with van der Waals surface area (Å²) in [5, 5.41) is 0.339. The van der Waals surface area contributed by atoms with Gasteiger partial charge in [0.25, 0.3) is 0 Å². The Balaban J connectivity index is 1.52. The number of rotatable bonds is 8. The van der Waals surface area contributed by atoms with Crippen LogP contribution in [0.1, 0.15) is 47.9 Å². The lowest BCUT2D eigenvalue weighted by Gasteiger charge is -2.19. The molecule has 38 heavy (non-hydrogen) atoms. The number of nitrogens with zero attached hydrogens (tertiary/aromatic N) is 1. The summed E-state index contributed by atoms with van der Waals surface area (Å²) in [6.07, 6.45) is 3.62. The van der Waals surface area contributed by atoms with Crippen molar-refractivity contribution in [2.45, 2.75) is 38.2 Å². The molecule has 2 aliphatic rings. The van der Waals surface area contributed by atoms with E-state index in [2.05, 4.69) is 9.84 Å². The fraction of sp³-hybridized carbons (Fsp3) is 0.333. The molecular weight excluding hydrogens is 534 g/mol. The van der Waals surface area contributed by atoms with Gasteiger partial charge >= 0.3 is 0 Å². The number of ether oxygens (including phenoxy) is 1. The molecule has 0 bridgehead atoms. The minimum Gasteiger partial charge on any atom is -0.489 e. The van der Waals surface area contributed by atoms with Crippen LogP contribution in [0.4, 0.5) is 13.3 Å². The molecule has 3 aromatic carbocycles. The van der Waals surface area contributed by atoms with Gasteiger partial charge in [0.2, 0.25) is 0 Å². The Morgan fingerprint density at radius 3 is 2.47 bits per heavy atom. The lowest BCUT2D eigenvalue weighted by Crippen LogP contribution is -2.26. The van der Waals surface area contributed by atoms with Crippen LogP contribution < -0.4 is 9.68 Å². The Hall–Kier alpha value is -2.67. The average molecular weight is 562 g/mol. The number of benzene rings is 3. The SMILES string of the molecule is FCCCN1CC[C@H](Oc2ccc(C3=C(c4cc(F)c(Cl)cc4Cl)CCCc4cc(OF)ccc43)cc2)C1. The summed E-state index contributed by atoms with van der Waals surface area (Å²) in [4.78, 5) is 6.21. The van der Waals surface area contributed by atoms with Crippen LogP contribution in [0.5, 0.6) is 11.5 Å². The minimum atomic E-state index is -0.538. The third-order valence-corrected chi connectivity index (χ3v) is 7.83. The zero-order valence-electron chi connectivity index (χ0n) is 20.8. The second kappa shape index (κ2) is 12.0. The maximum Gasteiger partial charge on any atom is 0.172 e. The van der Waals surface area contributed by atoms with Crippen molar-refractivity contribution in [2.24, 2.45) is 0 Å². The van der Waals surface area contributed by atoms with E-state index >= 15 is 0 Å². The first kappa shape index (κ1) is 26.9. The first-order chi connectivity index (χ1) is 18.5. The van der Waals surface area contributed by atoms with E-state index in [0.717, 1.165) is 66.1 Å². The van der Waals surface area contributed by atoms with Crippen molar-refractivity contribution in [1.82, 2.24) is 4.90 Å². The molecule has 0 saturated carbocycles. The van der Waals surface area contributed by atoms with E-state index in [1.807, 2.05) is 30.3 Å². The summed E-state index contributed by atoms with van der Waals surface area (Å²) in [7, 11) is 0. The van der Waals surface area contributed by atoms with Crippen molar-refractivity contribution in [2.75, 3.05) is 26.3 Å². The van der Waals surface area contributed by atoms with Crippen LogP contribution in [0, 0.1) is 5.82 Å². The van der Waals surface area contributed by atoms with Crippen molar-refractivity contribution in [3.8, 4) is 11.5 Å². The molecule has 0 aromatic heterocycles. The van der Waals surface area contributed by atoms with E-state index in [-0.39, 0.29) is 23.6 Å². The van der Waals surface area contributed by atoms with Crippen LogP contribution in [-0.2, 0) is 6.42 Å². The van der Waals surface area contributed by atoms with Crippen molar-refractivity contribution in [1.29, 1.82) is 0 Å². The molecule has 0 radical (unpaired) electrons. The smallest absolute Gasteiger partial charge is 0.172 e. The topological polar surface area (TPSA) is 21.7 Å². The Labute approximate surface area is 230 Å². The standard InChI is InChI=1S/C30H28Cl2F3NO2/c31-27-17-28(32)29(34)16-26(27)25-4-1-3-20-15-22(38-35)9-10-24(20)30(25)19-5-7-21(8-6-19)37-23-11-14-36(18-23)13-2-12-33/h5-10,15-17,23H,1-4,11-14,18H2/t23-/m0/s1. The lowest BCUT2D eigenvalue weighted by molar-refractivity contribution is -0.00629. The van der Waals surface area contributed by atoms with E-state index in [1.54, 1.807) is 12.1 Å². The molecule has 0 unspecified atom stereocenters. The third kappa shape index (κ3) is 5.83. The minimum absolute atomic E-state index is 0.0312. The number of fused-ring (bicyclic) bond motifs is 1. The zero-order valence-corrected chi connectivity index (χ0v) is 22.3. The molecule has 1 atom stereocenters. The molecule has 1 aliphatic carbocycles. The number of hydrogen-bond acceptors (Lipinski definition) is 3. The van der Waals surface area contributed by atoms with Crippen LogP contribution in [0.2, 0.25) is 10.0 Å². The summed E-state index contributed by atoms with van der Waals surface area (Å²) >= 11 is 12.6. The van der Waals surface area contributed by atoms with Crippen LogP contribution >= 0.6 is 23.2 Å². The second-order valence-corrected chi connectivity index (χ2v) is 10.6. The third-order valence-electron chi connectivity index (χ3n) is 7.23. The van der Waals surface area contributed by atoms with Gasteiger partial charge in [-0.25, -0.2) is 4.39 Å². The van der Waals surface area contributed by atoms with Gasteiger partial charge in [0, 0.05) is 29.2 Å². The Kier molecular flexibility index (Phi) is 8.51. The Morgan fingerprint density at radius 1 is 0.921 bits per heavy atom. The largest absolute Gasteiger partial charge is 0.489 e. The van der Waals surface area contributed by atoms with E-state index in [9.17, 15) is 13.3 Å². The molecule has 1 saturated heterocycles. The number of aryl methyl sites for hydroxylation is 1. The average Bonchev–Trinajstić information content (AvgIpc) is 3.28. The van der Waals surface area contributed by atoms with Crippen LogP contribution in [0.3, 0.4) is 0 Å². The number of alkyl halides is 1. The summed E-state index contributed by atoms with van der Waals surface area (Å²) in [5.41, 5.74) is 5.14. The molecule has 3 aromatic rings. The lowest BCUT2D eigenvalue weighted by atomic mass is 9.87. The summed E-state index contributed by atoms with van der Waals surface area (Å²) in [5.74, 6) is 0.353. The van der Waals surface area contributed by atoms with Crippen LogP contribution in [0.15, 0.2) is 54.6 Å². The Morgan fingerprint density at radius 2 is 1.71 bits per heavy atom. The van der Waals surface area contributed by atoms with Gasteiger partial charge in [-0.15, -0.1) is 0 Å². The summed E-state index contributed by atoms with van der Waals surface area (Å²) in [6, 6.07) is 15.8. The van der Waals surface area contributed by atoms with Crippen molar-refractivity contribution >= 4 is 34.3 Å². The molecule has 5 rings (SSSR count). The fourth-order valence-electron chi connectivity index (χ4n) is 5.44. The van der Waals surface area contributed by atoms with E-state index in [4.69, 9.17) is 27.9 Å². The molecule has 0 N–H and O–H groups in total. The highest BCUT2D eigenvalue weighted by atomic mass is 35.5. The normalized spacial score (nSPS) is 17.9. The van der Waals surface area contributed by atoms with Crippen LogP contribution in [-0.4, -0.2) is 37.3 Å². The molecule has 0 amide bonds. The van der Waals surface area contributed by atoms with Gasteiger partial charge in [0.1, 0.15) is 17.7 Å². The molecule has 1 aliphatic heterocycles. The molecule has 0 spiro atoms. The highest BCUT2D eigenvalue weighted by Gasteiger charge is 2.25. The molecule has 1 heterocycles. The van der Waals surface area contributed by atoms with Gasteiger partial charge in [-0.05, 0) is 102 Å². The molecule has 3 nitrogen and oxygen atoms in total. The number of halogens is 5. The van der Waals surface area contributed by atoms with Crippen molar-refractivity contribution in [3.05, 3.63) is 92.7 Å². The van der Waals surface area contributed by atoms with E-state index < -0.39 is 5.82 Å². The molecule has 1 fully saturated rings. The van der Waals surface area contributed by atoms with E-state index in [1.165, 1.54) is 12.1 Å². The van der Waals surface area contributed by atoms with Gasteiger partial charge in [0.05, 0.1) is 11.7 Å². The maximum atomic E-state index is 14.6. The van der Waals surface area contributed by atoms with Gasteiger partial charge in [-0.2, -0.15) is 0 Å². The van der Waals surface area contributed by atoms with Crippen molar-refractivity contribution < 1.29 is 23.0 Å². The predicted molar refractivity (Wildman–Crippen MR) is 146 cm³/mol. The van der Waals surface area contributed by atoms with Gasteiger partial charge in [0.15, 0.2) is 5.75 Å². The zero-order chi connectivity index (χ0) is 26.6. The first-order valence-electron chi connectivity index (χ1n) is 12.8. The first-order valence-corrected chi connectivity index (χ1v) is 13.6. The predicted octanol–water partition coefficient (Wildman–Crippen LogP) is 8.50. The molecular formula is C30H28Cl2F3NO2. The highest BCUT2D eigenvalue weighted by Crippen LogP contribution is 2.43. The van der Waals surface area contributed by atoms with Crippen LogP contribution in [0.25, 0.3) is 11.1 Å². The number of likely N-dealkylation sites (tertiary alicyclic amines) is 1. The second-order valence-electron chi connectivity index (χ2n) is 9.75. The van der Waals surface area contributed by atoms with Gasteiger partial charge in [-0.1, -0.05) is 41.4 Å². The van der Waals surface area contributed by atoms with Crippen molar-refractivity contribution in [3.63, 3.8) is 0 Å². The van der Waals surface area contributed by atoms with Gasteiger partial charge < -0.3 is 4.74 Å². The monoisotopic (exact) mass is 561 g/mol. The number of allylic oxidation sites excluding steroid dienone is 1. The number of hydrogen-bond donors (Lipinski definition) is 0. The fourth-order valence-corrected chi connectivity index (χ4v) is 5.93. The van der Waals surface area contributed by atoms with Gasteiger partial charge in [-0.3, -0.25) is 14.2 Å². The van der Waals surface area contributed by atoms with E-state index in [0.29, 0.717) is 29.8 Å². The summed E-state index contributed by atoms with van der Waals surface area (Å²) in [6.45, 7) is 2.12.